The highest BCUT2D eigenvalue weighted by atomic mass is 35.5. The molecular weight excluding hydrogens is 408 g/mol. The predicted molar refractivity (Wildman–Crippen MR) is 93.8 cm³/mol. The Morgan fingerprint density at radius 3 is 2.07 bits per heavy atom. The second-order valence-corrected chi connectivity index (χ2v) is 8.35. The fourth-order valence-electron chi connectivity index (χ4n) is 2.98. The Labute approximate surface area is 159 Å². The van der Waals surface area contributed by atoms with Crippen molar-refractivity contribution in [3.8, 4) is 0 Å². The number of halogens is 5. The van der Waals surface area contributed by atoms with E-state index in [1.54, 1.807) is 0 Å². The minimum absolute atomic E-state index is 0.0132. The predicted octanol–water partition coefficient (Wildman–Crippen LogP) is 4.01. The van der Waals surface area contributed by atoms with Gasteiger partial charge in [-0.15, -0.1) is 0 Å². The van der Waals surface area contributed by atoms with Crippen LogP contribution in [0.25, 0.3) is 0 Å². The van der Waals surface area contributed by atoms with E-state index >= 15 is 0 Å². The van der Waals surface area contributed by atoms with Gasteiger partial charge in [-0.25, -0.2) is 12.8 Å². The van der Waals surface area contributed by atoms with Crippen molar-refractivity contribution in [3.05, 3.63) is 58.9 Å². The van der Waals surface area contributed by atoms with E-state index in [1.807, 2.05) is 0 Å². The summed E-state index contributed by atoms with van der Waals surface area (Å²) in [6.07, 6.45) is -4.84. The molecular formula is C17H15ClF4N2O2S. The first-order valence-electron chi connectivity index (χ1n) is 7.97. The molecule has 2 aromatic carbocycles. The summed E-state index contributed by atoms with van der Waals surface area (Å²) in [5.41, 5.74) is -1.62. The molecule has 146 valence electrons. The van der Waals surface area contributed by atoms with Crippen LogP contribution >= 0.6 is 11.6 Å². The molecule has 1 fully saturated rings. The van der Waals surface area contributed by atoms with E-state index in [0.29, 0.717) is 5.02 Å². The number of hydrogen-bond donors (Lipinski definition) is 0. The minimum atomic E-state index is -4.84. The number of benzene rings is 2. The lowest BCUT2D eigenvalue weighted by Gasteiger charge is -2.36. The zero-order chi connectivity index (χ0) is 19.8. The van der Waals surface area contributed by atoms with Gasteiger partial charge < -0.3 is 4.90 Å². The van der Waals surface area contributed by atoms with E-state index in [0.717, 1.165) is 6.07 Å². The number of alkyl halides is 3. The topological polar surface area (TPSA) is 40.6 Å². The van der Waals surface area contributed by atoms with Crippen LogP contribution in [0.4, 0.5) is 23.2 Å². The second kappa shape index (κ2) is 7.29. The van der Waals surface area contributed by atoms with Crippen LogP contribution in [-0.2, 0) is 16.2 Å². The quantitative estimate of drug-likeness (QED) is 0.702. The van der Waals surface area contributed by atoms with Gasteiger partial charge in [-0.05, 0) is 36.4 Å². The smallest absolute Gasteiger partial charge is 0.368 e. The normalized spacial score (nSPS) is 16.6. The standard InChI is InChI=1S/C17H15ClF4N2O2S/c18-12-4-6-13(7-5-12)27(25,26)24-10-8-23(9-11-24)15-3-1-2-14(19)16(15)17(20,21)22/h1-7H,8-11H2. The fourth-order valence-corrected chi connectivity index (χ4v) is 4.53. The van der Waals surface area contributed by atoms with Crippen molar-refractivity contribution in [1.82, 2.24) is 4.31 Å². The maximum Gasteiger partial charge on any atom is 0.421 e. The van der Waals surface area contributed by atoms with E-state index < -0.39 is 27.6 Å². The lowest BCUT2D eigenvalue weighted by molar-refractivity contribution is -0.139. The molecule has 1 heterocycles. The molecule has 0 amide bonds. The molecule has 27 heavy (non-hydrogen) atoms. The van der Waals surface area contributed by atoms with Crippen molar-refractivity contribution < 1.29 is 26.0 Å². The largest absolute Gasteiger partial charge is 0.421 e. The van der Waals surface area contributed by atoms with Crippen LogP contribution in [0, 0.1) is 5.82 Å². The zero-order valence-electron chi connectivity index (χ0n) is 13.9. The number of nitrogens with zero attached hydrogens (tertiary/aromatic N) is 2. The highest BCUT2D eigenvalue weighted by molar-refractivity contribution is 7.89. The van der Waals surface area contributed by atoms with E-state index in [1.165, 1.54) is 45.6 Å². The van der Waals surface area contributed by atoms with E-state index in [2.05, 4.69) is 0 Å². The van der Waals surface area contributed by atoms with Crippen molar-refractivity contribution in [2.75, 3.05) is 31.1 Å². The van der Waals surface area contributed by atoms with Gasteiger partial charge in [-0.1, -0.05) is 17.7 Å². The van der Waals surface area contributed by atoms with Crippen LogP contribution in [0.15, 0.2) is 47.4 Å². The first kappa shape index (κ1) is 19.9. The maximum absolute atomic E-state index is 13.8. The Morgan fingerprint density at radius 2 is 1.52 bits per heavy atom. The minimum Gasteiger partial charge on any atom is -0.368 e. The molecule has 0 N–H and O–H groups in total. The first-order chi connectivity index (χ1) is 12.6. The zero-order valence-corrected chi connectivity index (χ0v) is 15.5. The number of sulfonamides is 1. The second-order valence-electron chi connectivity index (χ2n) is 5.98. The van der Waals surface area contributed by atoms with E-state index in [4.69, 9.17) is 11.6 Å². The van der Waals surface area contributed by atoms with Gasteiger partial charge in [-0.3, -0.25) is 0 Å². The molecule has 1 aliphatic heterocycles. The Hall–Kier alpha value is -1.84. The third kappa shape index (κ3) is 4.04. The van der Waals surface area contributed by atoms with Gasteiger partial charge in [0.1, 0.15) is 11.4 Å². The van der Waals surface area contributed by atoms with Gasteiger partial charge in [0.05, 0.1) is 10.6 Å². The van der Waals surface area contributed by atoms with Crippen LogP contribution in [-0.4, -0.2) is 38.9 Å². The number of hydrogen-bond acceptors (Lipinski definition) is 3. The first-order valence-corrected chi connectivity index (χ1v) is 9.79. The molecule has 0 unspecified atom stereocenters. The summed E-state index contributed by atoms with van der Waals surface area (Å²) in [4.78, 5) is 1.40. The molecule has 0 aromatic heterocycles. The molecule has 0 spiro atoms. The lowest BCUT2D eigenvalue weighted by Crippen LogP contribution is -2.49. The summed E-state index contributed by atoms with van der Waals surface area (Å²) < 4.78 is 79.8. The number of piperazine rings is 1. The van der Waals surface area contributed by atoms with Gasteiger partial charge in [-0.2, -0.15) is 17.5 Å². The molecule has 3 rings (SSSR count). The van der Waals surface area contributed by atoms with Crippen molar-refractivity contribution >= 4 is 27.3 Å². The van der Waals surface area contributed by atoms with Gasteiger partial charge in [0, 0.05) is 31.2 Å². The SMILES string of the molecule is O=S(=O)(c1ccc(Cl)cc1)N1CCN(c2cccc(F)c2C(F)(F)F)CC1. The van der Waals surface area contributed by atoms with Crippen LogP contribution in [0.1, 0.15) is 5.56 Å². The monoisotopic (exact) mass is 422 g/mol. The highest BCUT2D eigenvalue weighted by Gasteiger charge is 2.39. The molecule has 1 aliphatic rings. The van der Waals surface area contributed by atoms with E-state index in [9.17, 15) is 26.0 Å². The van der Waals surface area contributed by atoms with Crippen LogP contribution in [0.3, 0.4) is 0 Å². The molecule has 1 saturated heterocycles. The number of rotatable bonds is 3. The van der Waals surface area contributed by atoms with Crippen molar-refractivity contribution in [1.29, 1.82) is 0 Å². The molecule has 2 aromatic rings. The van der Waals surface area contributed by atoms with Gasteiger partial charge in [0.25, 0.3) is 0 Å². The average Bonchev–Trinajstić information content (AvgIpc) is 2.61. The van der Waals surface area contributed by atoms with Crippen molar-refractivity contribution in [2.45, 2.75) is 11.1 Å². The molecule has 0 radical (unpaired) electrons. The van der Waals surface area contributed by atoms with Gasteiger partial charge >= 0.3 is 6.18 Å². The number of anilines is 1. The summed E-state index contributed by atoms with van der Waals surface area (Å²) in [5.74, 6) is -1.35. The lowest BCUT2D eigenvalue weighted by atomic mass is 10.1. The van der Waals surface area contributed by atoms with Gasteiger partial charge in [0.2, 0.25) is 10.0 Å². The summed E-state index contributed by atoms with van der Waals surface area (Å²) in [6, 6.07) is 8.80. The van der Waals surface area contributed by atoms with Crippen LogP contribution in [0.2, 0.25) is 5.02 Å². The summed E-state index contributed by atoms with van der Waals surface area (Å²) in [7, 11) is -3.78. The molecule has 4 nitrogen and oxygen atoms in total. The molecule has 0 saturated carbocycles. The third-order valence-corrected chi connectivity index (χ3v) is 6.47. The Bertz CT molecular complexity index is 925. The summed E-state index contributed by atoms with van der Waals surface area (Å²) >= 11 is 5.76. The molecule has 0 atom stereocenters. The Balaban J connectivity index is 1.80. The van der Waals surface area contributed by atoms with E-state index in [-0.39, 0.29) is 36.8 Å². The molecule has 0 bridgehead atoms. The van der Waals surface area contributed by atoms with Gasteiger partial charge in [0.15, 0.2) is 0 Å². The molecule has 0 aliphatic carbocycles. The molecule has 10 heteroatoms. The third-order valence-electron chi connectivity index (χ3n) is 4.31. The van der Waals surface area contributed by atoms with Crippen LogP contribution < -0.4 is 4.90 Å². The van der Waals surface area contributed by atoms with Crippen LogP contribution in [0.5, 0.6) is 0 Å². The van der Waals surface area contributed by atoms with Crippen molar-refractivity contribution in [2.24, 2.45) is 0 Å². The van der Waals surface area contributed by atoms with Crippen molar-refractivity contribution in [3.63, 3.8) is 0 Å². The summed E-state index contributed by atoms with van der Waals surface area (Å²) in [6.45, 7) is -0.00372. The Morgan fingerprint density at radius 1 is 0.926 bits per heavy atom. The fraction of sp³-hybridized carbons (Fsp3) is 0.294. The Kier molecular flexibility index (Phi) is 5.38. The highest BCUT2D eigenvalue weighted by Crippen LogP contribution is 2.38. The maximum atomic E-state index is 13.8. The summed E-state index contributed by atoms with van der Waals surface area (Å²) in [5, 5.41) is 0.393. The average molecular weight is 423 g/mol.